The Morgan fingerprint density at radius 3 is 2.39 bits per heavy atom. The van der Waals surface area contributed by atoms with E-state index in [1.54, 1.807) is 6.92 Å². The van der Waals surface area contributed by atoms with Crippen molar-refractivity contribution in [3.63, 3.8) is 0 Å². The van der Waals surface area contributed by atoms with E-state index in [2.05, 4.69) is 10.6 Å². The number of aliphatic carboxylic acids is 1. The maximum atomic E-state index is 12.0. The first-order valence-electron chi connectivity index (χ1n) is 8.25. The number of carboxylic acids is 1. The molecule has 1 fully saturated rings. The summed E-state index contributed by atoms with van der Waals surface area (Å²) in [6, 6.07) is -1.77. The normalized spacial score (nSPS) is 18.0. The molecule has 0 heterocycles. The van der Waals surface area contributed by atoms with Crippen LogP contribution >= 0.6 is 0 Å². The van der Waals surface area contributed by atoms with Gasteiger partial charge in [0.05, 0.1) is 0 Å². The van der Waals surface area contributed by atoms with Crippen LogP contribution in [0.3, 0.4) is 0 Å². The van der Waals surface area contributed by atoms with Crippen molar-refractivity contribution in [3.05, 3.63) is 0 Å². The fraction of sp³-hybridized carbons (Fsp3) is 0.812. The number of hydrogen-bond donors (Lipinski definition) is 3. The molecule has 23 heavy (non-hydrogen) atoms. The summed E-state index contributed by atoms with van der Waals surface area (Å²) >= 11 is 0. The van der Waals surface area contributed by atoms with Crippen LogP contribution in [0.1, 0.15) is 51.9 Å². The minimum atomic E-state index is -1.11. The number of amides is 2. The van der Waals surface area contributed by atoms with Gasteiger partial charge >= 0.3 is 5.97 Å². The lowest BCUT2D eigenvalue weighted by Crippen LogP contribution is -2.50. The molecule has 1 aliphatic rings. The van der Waals surface area contributed by atoms with Gasteiger partial charge in [-0.1, -0.05) is 19.3 Å². The Morgan fingerprint density at radius 2 is 1.83 bits per heavy atom. The number of nitrogens with one attached hydrogen (secondary N) is 2. The van der Waals surface area contributed by atoms with Crippen molar-refractivity contribution in [2.45, 2.75) is 64.0 Å². The summed E-state index contributed by atoms with van der Waals surface area (Å²) in [5.41, 5.74) is 0. The van der Waals surface area contributed by atoms with Gasteiger partial charge in [-0.15, -0.1) is 0 Å². The Balaban J connectivity index is 2.38. The van der Waals surface area contributed by atoms with Crippen LogP contribution < -0.4 is 10.6 Å². The Kier molecular flexibility index (Phi) is 8.61. The third-order valence-electron chi connectivity index (χ3n) is 4.19. The summed E-state index contributed by atoms with van der Waals surface area (Å²) in [6.07, 6.45) is 6.29. The van der Waals surface area contributed by atoms with Crippen molar-refractivity contribution in [3.8, 4) is 0 Å². The number of carbonyl (C=O) groups is 3. The summed E-state index contributed by atoms with van der Waals surface area (Å²) in [6.45, 7) is 1.79. The number of carbonyl (C=O) groups excluding carboxylic acids is 2. The highest BCUT2D eigenvalue weighted by atomic mass is 16.5. The summed E-state index contributed by atoms with van der Waals surface area (Å²) < 4.78 is 4.83. The first kappa shape index (κ1) is 19.4. The van der Waals surface area contributed by atoms with Crippen LogP contribution in [0, 0.1) is 5.92 Å². The van der Waals surface area contributed by atoms with E-state index in [1.165, 1.54) is 13.5 Å². The largest absolute Gasteiger partial charge is 0.480 e. The molecule has 0 saturated heterocycles. The Labute approximate surface area is 137 Å². The smallest absolute Gasteiger partial charge is 0.326 e. The molecule has 0 aromatic carbocycles. The summed E-state index contributed by atoms with van der Waals surface area (Å²) in [5, 5.41) is 14.2. The van der Waals surface area contributed by atoms with Gasteiger partial charge in [0.15, 0.2) is 0 Å². The second-order valence-corrected chi connectivity index (χ2v) is 6.18. The third kappa shape index (κ3) is 7.45. The van der Waals surface area contributed by atoms with Crippen molar-refractivity contribution < 1.29 is 24.2 Å². The number of hydrogen-bond acceptors (Lipinski definition) is 4. The second-order valence-electron chi connectivity index (χ2n) is 6.18. The van der Waals surface area contributed by atoms with Crippen LogP contribution in [0.15, 0.2) is 0 Å². The van der Waals surface area contributed by atoms with E-state index in [0.717, 1.165) is 25.7 Å². The van der Waals surface area contributed by atoms with E-state index >= 15 is 0 Å². The van der Waals surface area contributed by atoms with Crippen molar-refractivity contribution in [1.82, 2.24) is 10.6 Å². The Morgan fingerprint density at radius 1 is 1.17 bits per heavy atom. The molecule has 0 aromatic rings. The third-order valence-corrected chi connectivity index (χ3v) is 4.19. The fourth-order valence-corrected chi connectivity index (χ4v) is 2.81. The van der Waals surface area contributed by atoms with E-state index in [9.17, 15) is 14.4 Å². The van der Waals surface area contributed by atoms with Crippen molar-refractivity contribution >= 4 is 17.8 Å². The van der Waals surface area contributed by atoms with Crippen molar-refractivity contribution in [1.29, 1.82) is 0 Å². The molecule has 1 rings (SSSR count). The molecule has 0 spiro atoms. The van der Waals surface area contributed by atoms with Crippen LogP contribution in [-0.2, 0) is 19.1 Å². The maximum Gasteiger partial charge on any atom is 0.326 e. The average molecular weight is 328 g/mol. The number of carboxylic acid groups (broad SMARTS) is 1. The van der Waals surface area contributed by atoms with Gasteiger partial charge < -0.3 is 20.5 Å². The SMILES string of the molecule is COCCC(NC(=O)C(C)NC(=O)CC1CCCCC1)C(=O)O. The predicted octanol–water partition coefficient (Wildman–Crippen LogP) is 1.07. The fourth-order valence-electron chi connectivity index (χ4n) is 2.81. The summed E-state index contributed by atoms with van der Waals surface area (Å²) in [4.78, 5) is 35.1. The molecule has 3 N–H and O–H groups in total. The van der Waals surface area contributed by atoms with Crippen molar-refractivity contribution in [2.75, 3.05) is 13.7 Å². The highest BCUT2D eigenvalue weighted by Crippen LogP contribution is 2.26. The summed E-state index contributed by atoms with van der Waals surface area (Å²) in [7, 11) is 1.47. The molecule has 0 aromatic heterocycles. The van der Waals surface area contributed by atoms with Gasteiger partial charge in [0.2, 0.25) is 11.8 Å². The van der Waals surface area contributed by atoms with Gasteiger partial charge in [0.25, 0.3) is 0 Å². The van der Waals surface area contributed by atoms with Gasteiger partial charge in [-0.2, -0.15) is 0 Å². The maximum absolute atomic E-state index is 12.0. The van der Waals surface area contributed by atoms with Gasteiger partial charge in [-0.3, -0.25) is 9.59 Å². The monoisotopic (exact) mass is 328 g/mol. The number of rotatable bonds is 9. The quantitative estimate of drug-likeness (QED) is 0.587. The highest BCUT2D eigenvalue weighted by Gasteiger charge is 2.24. The van der Waals surface area contributed by atoms with E-state index in [4.69, 9.17) is 9.84 Å². The van der Waals surface area contributed by atoms with Crippen LogP contribution in [0.5, 0.6) is 0 Å². The molecular weight excluding hydrogens is 300 g/mol. The van der Waals surface area contributed by atoms with E-state index in [1.807, 2.05) is 0 Å². The molecule has 0 radical (unpaired) electrons. The van der Waals surface area contributed by atoms with Crippen LogP contribution in [-0.4, -0.2) is 48.7 Å². The molecule has 132 valence electrons. The zero-order valence-electron chi connectivity index (χ0n) is 14.0. The first-order valence-corrected chi connectivity index (χ1v) is 8.25. The van der Waals surface area contributed by atoms with Crippen molar-refractivity contribution in [2.24, 2.45) is 5.92 Å². The van der Waals surface area contributed by atoms with Crippen LogP contribution in [0.4, 0.5) is 0 Å². The van der Waals surface area contributed by atoms with Crippen LogP contribution in [0.25, 0.3) is 0 Å². The first-order chi connectivity index (χ1) is 10.9. The van der Waals surface area contributed by atoms with Gasteiger partial charge in [0.1, 0.15) is 12.1 Å². The molecule has 2 amide bonds. The molecule has 1 saturated carbocycles. The minimum absolute atomic E-state index is 0.150. The van der Waals surface area contributed by atoms with Gasteiger partial charge in [0, 0.05) is 26.6 Å². The second kappa shape index (κ2) is 10.2. The molecule has 7 heteroatoms. The molecule has 2 unspecified atom stereocenters. The molecule has 1 aliphatic carbocycles. The number of ether oxygens (including phenoxy) is 1. The zero-order valence-corrected chi connectivity index (χ0v) is 14.0. The standard InChI is InChI=1S/C16H28N2O5/c1-11(15(20)18-13(16(21)22)8-9-23-2)17-14(19)10-12-6-4-3-5-7-12/h11-13H,3-10H2,1-2H3,(H,17,19)(H,18,20)(H,21,22). The lowest BCUT2D eigenvalue weighted by Gasteiger charge is -2.22. The molecule has 7 nitrogen and oxygen atoms in total. The highest BCUT2D eigenvalue weighted by molar-refractivity contribution is 5.90. The zero-order chi connectivity index (χ0) is 17.2. The lowest BCUT2D eigenvalue weighted by atomic mass is 9.87. The molecule has 0 bridgehead atoms. The molecule has 2 atom stereocenters. The predicted molar refractivity (Wildman–Crippen MR) is 84.9 cm³/mol. The summed E-state index contributed by atoms with van der Waals surface area (Å²) in [5.74, 6) is -1.36. The minimum Gasteiger partial charge on any atom is -0.480 e. The number of methoxy groups -OCH3 is 1. The van der Waals surface area contributed by atoms with Crippen LogP contribution in [0.2, 0.25) is 0 Å². The molecule has 0 aliphatic heterocycles. The van der Waals surface area contributed by atoms with Gasteiger partial charge in [-0.05, 0) is 25.7 Å². The average Bonchev–Trinajstić information content (AvgIpc) is 2.51. The lowest BCUT2D eigenvalue weighted by molar-refractivity contribution is -0.142. The van der Waals surface area contributed by atoms with E-state index in [0.29, 0.717) is 12.3 Å². The van der Waals surface area contributed by atoms with E-state index in [-0.39, 0.29) is 18.9 Å². The van der Waals surface area contributed by atoms with Gasteiger partial charge in [-0.25, -0.2) is 4.79 Å². The Bertz CT molecular complexity index is 407. The van der Waals surface area contributed by atoms with E-state index < -0.39 is 24.0 Å². The topological polar surface area (TPSA) is 105 Å². The molecular formula is C16H28N2O5. The Hall–Kier alpha value is -1.63.